The first-order valence-corrected chi connectivity index (χ1v) is 5.93. The summed E-state index contributed by atoms with van der Waals surface area (Å²) in [5.74, 6) is 0.643. The minimum Gasteiger partial charge on any atom is -0.309 e. The molecule has 0 fully saturated rings. The van der Waals surface area contributed by atoms with Crippen LogP contribution in [0.15, 0.2) is 24.4 Å². The maximum atomic E-state index is 4.44. The van der Waals surface area contributed by atoms with Crippen LogP contribution in [0.2, 0.25) is 0 Å². The van der Waals surface area contributed by atoms with Crippen LogP contribution in [-0.2, 0) is 0 Å². The van der Waals surface area contributed by atoms with E-state index >= 15 is 0 Å². The molecular weight excluding hydrogens is 184 g/mol. The highest BCUT2D eigenvalue weighted by atomic mass is 14.9. The Balaban J connectivity index is 2.73. The molecule has 1 heterocycles. The second kappa shape index (κ2) is 6.57. The van der Waals surface area contributed by atoms with Crippen molar-refractivity contribution in [1.29, 1.82) is 0 Å². The normalized spacial score (nSPS) is 14.9. The first-order valence-electron chi connectivity index (χ1n) is 5.93. The fraction of sp³-hybridized carbons (Fsp3) is 0.615. The van der Waals surface area contributed by atoms with Gasteiger partial charge in [0.25, 0.3) is 0 Å². The van der Waals surface area contributed by atoms with Gasteiger partial charge in [-0.15, -0.1) is 0 Å². The maximum absolute atomic E-state index is 4.44. The summed E-state index contributed by atoms with van der Waals surface area (Å²) in [6.45, 7) is 7.67. The SMILES string of the molecule is CCCC(C)C(NCC)c1ccccn1. The van der Waals surface area contributed by atoms with Crippen molar-refractivity contribution in [2.24, 2.45) is 5.92 Å². The predicted octanol–water partition coefficient (Wildman–Crippen LogP) is 3.17. The average molecular weight is 206 g/mol. The van der Waals surface area contributed by atoms with Crippen LogP contribution in [0.25, 0.3) is 0 Å². The third-order valence-electron chi connectivity index (χ3n) is 2.74. The summed E-state index contributed by atoms with van der Waals surface area (Å²) in [7, 11) is 0. The molecule has 0 saturated carbocycles. The van der Waals surface area contributed by atoms with Gasteiger partial charge in [0.05, 0.1) is 11.7 Å². The van der Waals surface area contributed by atoms with Gasteiger partial charge in [-0.25, -0.2) is 0 Å². The third-order valence-corrected chi connectivity index (χ3v) is 2.74. The van der Waals surface area contributed by atoms with Crippen LogP contribution in [0.3, 0.4) is 0 Å². The van der Waals surface area contributed by atoms with E-state index in [1.807, 2.05) is 12.3 Å². The monoisotopic (exact) mass is 206 g/mol. The van der Waals surface area contributed by atoms with Crippen molar-refractivity contribution in [3.63, 3.8) is 0 Å². The number of aromatic nitrogens is 1. The lowest BCUT2D eigenvalue weighted by Gasteiger charge is -2.23. The van der Waals surface area contributed by atoms with Gasteiger partial charge in [-0.1, -0.05) is 33.3 Å². The van der Waals surface area contributed by atoms with E-state index in [1.165, 1.54) is 18.5 Å². The molecule has 15 heavy (non-hydrogen) atoms. The fourth-order valence-corrected chi connectivity index (χ4v) is 2.00. The molecule has 2 atom stereocenters. The van der Waals surface area contributed by atoms with Gasteiger partial charge in [-0.2, -0.15) is 0 Å². The van der Waals surface area contributed by atoms with Crippen molar-refractivity contribution in [2.45, 2.75) is 39.7 Å². The van der Waals surface area contributed by atoms with E-state index in [0.29, 0.717) is 12.0 Å². The molecule has 0 aliphatic rings. The van der Waals surface area contributed by atoms with E-state index in [0.717, 1.165) is 6.54 Å². The number of nitrogens with one attached hydrogen (secondary N) is 1. The predicted molar refractivity (Wildman–Crippen MR) is 64.7 cm³/mol. The van der Waals surface area contributed by atoms with Crippen molar-refractivity contribution >= 4 is 0 Å². The summed E-state index contributed by atoms with van der Waals surface area (Å²) in [5.41, 5.74) is 1.17. The Morgan fingerprint density at radius 1 is 1.33 bits per heavy atom. The van der Waals surface area contributed by atoms with Crippen LogP contribution in [0.1, 0.15) is 45.3 Å². The van der Waals surface area contributed by atoms with E-state index in [-0.39, 0.29) is 0 Å². The first-order chi connectivity index (χ1) is 7.29. The largest absolute Gasteiger partial charge is 0.309 e. The minimum absolute atomic E-state index is 0.399. The highest BCUT2D eigenvalue weighted by Gasteiger charge is 2.18. The first kappa shape index (κ1) is 12.2. The molecule has 1 aromatic rings. The summed E-state index contributed by atoms with van der Waals surface area (Å²) >= 11 is 0. The molecule has 0 bridgehead atoms. The quantitative estimate of drug-likeness (QED) is 0.773. The Bertz CT molecular complexity index is 258. The molecule has 0 aliphatic carbocycles. The summed E-state index contributed by atoms with van der Waals surface area (Å²) in [5, 5.41) is 3.52. The number of pyridine rings is 1. The van der Waals surface area contributed by atoms with Crippen molar-refractivity contribution in [1.82, 2.24) is 10.3 Å². The standard InChI is InChI=1S/C13H22N2/c1-4-8-11(3)13(14-5-2)12-9-6-7-10-15-12/h6-7,9-11,13-14H,4-5,8H2,1-3H3. The second-order valence-corrected chi connectivity index (χ2v) is 4.06. The van der Waals surface area contributed by atoms with Crippen LogP contribution >= 0.6 is 0 Å². The summed E-state index contributed by atoms with van der Waals surface area (Å²) < 4.78 is 0. The Labute approximate surface area is 93.1 Å². The lowest BCUT2D eigenvalue weighted by molar-refractivity contribution is 0.362. The molecule has 0 radical (unpaired) electrons. The molecule has 2 unspecified atom stereocenters. The van der Waals surface area contributed by atoms with E-state index in [2.05, 4.69) is 43.2 Å². The van der Waals surface area contributed by atoms with Gasteiger partial charge < -0.3 is 5.32 Å². The molecule has 2 heteroatoms. The molecule has 2 nitrogen and oxygen atoms in total. The zero-order chi connectivity index (χ0) is 11.1. The molecule has 1 N–H and O–H groups in total. The topological polar surface area (TPSA) is 24.9 Å². The van der Waals surface area contributed by atoms with Crippen molar-refractivity contribution in [2.75, 3.05) is 6.54 Å². The third kappa shape index (κ3) is 3.63. The van der Waals surface area contributed by atoms with Crippen LogP contribution < -0.4 is 5.32 Å². The summed E-state index contributed by atoms with van der Waals surface area (Å²) in [4.78, 5) is 4.44. The molecule has 1 aromatic heterocycles. The van der Waals surface area contributed by atoms with Gasteiger partial charge in [-0.05, 0) is 31.0 Å². The van der Waals surface area contributed by atoms with Crippen LogP contribution in [0, 0.1) is 5.92 Å². The fourth-order valence-electron chi connectivity index (χ4n) is 2.00. The van der Waals surface area contributed by atoms with Gasteiger partial charge >= 0.3 is 0 Å². The zero-order valence-corrected chi connectivity index (χ0v) is 10.0. The number of hydrogen-bond acceptors (Lipinski definition) is 2. The van der Waals surface area contributed by atoms with Crippen molar-refractivity contribution in [3.05, 3.63) is 30.1 Å². The molecule has 0 spiro atoms. The molecule has 1 rings (SSSR count). The van der Waals surface area contributed by atoms with Crippen LogP contribution in [0.5, 0.6) is 0 Å². The Morgan fingerprint density at radius 3 is 2.67 bits per heavy atom. The number of rotatable bonds is 6. The smallest absolute Gasteiger partial charge is 0.0575 e. The lowest BCUT2D eigenvalue weighted by Crippen LogP contribution is -2.27. The summed E-state index contributed by atoms with van der Waals surface area (Å²) in [6.07, 6.45) is 4.35. The van der Waals surface area contributed by atoms with Crippen LogP contribution in [0.4, 0.5) is 0 Å². The Morgan fingerprint density at radius 2 is 2.13 bits per heavy atom. The molecule has 84 valence electrons. The minimum atomic E-state index is 0.399. The second-order valence-electron chi connectivity index (χ2n) is 4.06. The Kier molecular flexibility index (Phi) is 5.33. The Hall–Kier alpha value is -0.890. The van der Waals surface area contributed by atoms with Crippen molar-refractivity contribution in [3.8, 4) is 0 Å². The molecular formula is C13H22N2. The van der Waals surface area contributed by atoms with E-state index < -0.39 is 0 Å². The van der Waals surface area contributed by atoms with Crippen molar-refractivity contribution < 1.29 is 0 Å². The molecule has 0 aliphatic heterocycles. The van der Waals surface area contributed by atoms with Gasteiger partial charge in [0.1, 0.15) is 0 Å². The highest BCUT2D eigenvalue weighted by Crippen LogP contribution is 2.23. The van der Waals surface area contributed by atoms with E-state index in [9.17, 15) is 0 Å². The van der Waals surface area contributed by atoms with E-state index in [4.69, 9.17) is 0 Å². The number of nitrogens with zero attached hydrogens (tertiary/aromatic N) is 1. The average Bonchev–Trinajstić information content (AvgIpc) is 2.27. The number of hydrogen-bond donors (Lipinski definition) is 1. The van der Waals surface area contributed by atoms with Crippen LogP contribution in [-0.4, -0.2) is 11.5 Å². The molecule has 0 aromatic carbocycles. The zero-order valence-electron chi connectivity index (χ0n) is 10.0. The van der Waals surface area contributed by atoms with Gasteiger partial charge in [-0.3, -0.25) is 4.98 Å². The maximum Gasteiger partial charge on any atom is 0.0575 e. The van der Waals surface area contributed by atoms with E-state index in [1.54, 1.807) is 0 Å². The highest BCUT2D eigenvalue weighted by molar-refractivity contribution is 5.09. The lowest BCUT2D eigenvalue weighted by atomic mass is 9.94. The van der Waals surface area contributed by atoms with Gasteiger partial charge in [0.15, 0.2) is 0 Å². The van der Waals surface area contributed by atoms with Gasteiger partial charge in [0, 0.05) is 6.20 Å². The summed E-state index contributed by atoms with van der Waals surface area (Å²) in [6, 6.07) is 6.54. The van der Waals surface area contributed by atoms with Gasteiger partial charge in [0.2, 0.25) is 0 Å². The molecule has 0 amide bonds. The molecule has 0 saturated heterocycles.